The third kappa shape index (κ3) is 4.84. The van der Waals surface area contributed by atoms with Crippen molar-refractivity contribution < 1.29 is 9.84 Å². The minimum atomic E-state index is -0.0384. The maximum Gasteiger partial charge on any atom is 0.0571 e. The molecule has 1 saturated carbocycles. The van der Waals surface area contributed by atoms with Gasteiger partial charge in [-0.05, 0) is 44.4 Å². The topological polar surface area (TPSA) is 29.5 Å². The monoisotopic (exact) mass is 228 g/mol. The minimum Gasteiger partial charge on any atom is -0.393 e. The summed E-state index contributed by atoms with van der Waals surface area (Å²) in [5.74, 6) is 1.27. The van der Waals surface area contributed by atoms with Gasteiger partial charge in [0, 0.05) is 13.2 Å². The molecule has 0 aliphatic heterocycles. The third-order valence-corrected chi connectivity index (χ3v) is 3.81. The first-order valence-corrected chi connectivity index (χ1v) is 7.03. The van der Waals surface area contributed by atoms with Crippen molar-refractivity contribution in [3.63, 3.8) is 0 Å². The lowest BCUT2D eigenvalue weighted by Crippen LogP contribution is -2.12. The van der Waals surface area contributed by atoms with Crippen LogP contribution >= 0.6 is 0 Å². The third-order valence-electron chi connectivity index (χ3n) is 3.81. The Kier molecular flexibility index (Phi) is 7.06. The van der Waals surface area contributed by atoms with Crippen LogP contribution in [0.4, 0.5) is 0 Å². The number of aliphatic hydroxyl groups excluding tert-OH is 1. The van der Waals surface area contributed by atoms with Crippen LogP contribution < -0.4 is 0 Å². The van der Waals surface area contributed by atoms with Gasteiger partial charge in [-0.3, -0.25) is 0 Å². The number of ether oxygens (including phenoxy) is 1. The van der Waals surface area contributed by atoms with E-state index in [0.29, 0.717) is 11.8 Å². The van der Waals surface area contributed by atoms with Crippen molar-refractivity contribution in [2.75, 3.05) is 13.2 Å². The highest BCUT2D eigenvalue weighted by Gasteiger charge is 2.31. The second kappa shape index (κ2) is 8.08. The molecule has 1 fully saturated rings. The Morgan fingerprint density at radius 3 is 2.62 bits per heavy atom. The molecule has 0 spiro atoms. The lowest BCUT2D eigenvalue weighted by Gasteiger charge is -2.13. The summed E-state index contributed by atoms with van der Waals surface area (Å²) >= 11 is 0. The van der Waals surface area contributed by atoms with Crippen LogP contribution in [0.2, 0.25) is 0 Å². The fraction of sp³-hybridized carbons (Fsp3) is 1.00. The molecule has 0 radical (unpaired) electrons. The molecule has 16 heavy (non-hydrogen) atoms. The number of rotatable bonds is 8. The van der Waals surface area contributed by atoms with Gasteiger partial charge in [-0.2, -0.15) is 0 Å². The van der Waals surface area contributed by atoms with Crippen LogP contribution in [0.1, 0.15) is 58.8 Å². The molecule has 1 rings (SSSR count). The van der Waals surface area contributed by atoms with Gasteiger partial charge >= 0.3 is 0 Å². The van der Waals surface area contributed by atoms with Crippen LogP contribution in [0.5, 0.6) is 0 Å². The Balaban J connectivity index is 2.14. The Labute approximate surface area is 100 Å². The van der Waals surface area contributed by atoms with E-state index in [-0.39, 0.29) is 6.10 Å². The van der Waals surface area contributed by atoms with Crippen LogP contribution in [0, 0.1) is 11.8 Å². The van der Waals surface area contributed by atoms with Gasteiger partial charge in [0.05, 0.1) is 6.10 Å². The molecule has 0 amide bonds. The van der Waals surface area contributed by atoms with Crippen LogP contribution in [-0.4, -0.2) is 24.4 Å². The Bertz CT molecular complexity index is 170. The Morgan fingerprint density at radius 2 is 1.94 bits per heavy atom. The smallest absolute Gasteiger partial charge is 0.0571 e. The summed E-state index contributed by atoms with van der Waals surface area (Å²) in [5, 5.41) is 9.97. The summed E-state index contributed by atoms with van der Waals surface area (Å²) in [6.45, 7) is 5.96. The summed E-state index contributed by atoms with van der Waals surface area (Å²) in [7, 11) is 0. The van der Waals surface area contributed by atoms with Gasteiger partial charge in [0.25, 0.3) is 0 Å². The van der Waals surface area contributed by atoms with Gasteiger partial charge < -0.3 is 9.84 Å². The normalized spacial score (nSPS) is 29.8. The molecule has 0 aromatic rings. The zero-order chi connectivity index (χ0) is 11.8. The molecule has 3 atom stereocenters. The van der Waals surface area contributed by atoms with E-state index in [1.165, 1.54) is 32.1 Å². The lowest BCUT2D eigenvalue weighted by atomic mass is 9.96. The first-order chi connectivity index (χ1) is 7.77. The zero-order valence-electron chi connectivity index (χ0n) is 11.0. The van der Waals surface area contributed by atoms with Crippen LogP contribution in [0.15, 0.2) is 0 Å². The summed E-state index contributed by atoms with van der Waals surface area (Å²) in [6.07, 6.45) is 8.42. The average Bonchev–Trinajstić information content (AvgIpc) is 2.61. The summed E-state index contributed by atoms with van der Waals surface area (Å²) in [4.78, 5) is 0. The van der Waals surface area contributed by atoms with E-state index < -0.39 is 0 Å². The highest BCUT2D eigenvalue weighted by Crippen LogP contribution is 2.36. The molecule has 0 bridgehead atoms. The molecule has 0 heterocycles. The molecular formula is C14H28O2. The second-order valence-electron chi connectivity index (χ2n) is 5.15. The van der Waals surface area contributed by atoms with E-state index in [4.69, 9.17) is 4.74 Å². The van der Waals surface area contributed by atoms with Crippen molar-refractivity contribution >= 4 is 0 Å². The second-order valence-corrected chi connectivity index (χ2v) is 5.15. The maximum atomic E-state index is 9.97. The molecule has 0 saturated heterocycles. The predicted molar refractivity (Wildman–Crippen MR) is 67.5 cm³/mol. The van der Waals surface area contributed by atoms with Crippen LogP contribution in [0.3, 0.4) is 0 Å². The Morgan fingerprint density at radius 1 is 1.12 bits per heavy atom. The molecule has 0 aromatic carbocycles. The molecule has 0 aromatic heterocycles. The van der Waals surface area contributed by atoms with E-state index in [2.05, 4.69) is 6.92 Å². The maximum absolute atomic E-state index is 9.97. The highest BCUT2D eigenvalue weighted by molar-refractivity contribution is 4.83. The van der Waals surface area contributed by atoms with Crippen molar-refractivity contribution in [3.05, 3.63) is 0 Å². The van der Waals surface area contributed by atoms with E-state index in [0.717, 1.165) is 26.1 Å². The van der Waals surface area contributed by atoms with E-state index >= 15 is 0 Å². The first-order valence-electron chi connectivity index (χ1n) is 7.03. The first kappa shape index (κ1) is 14.0. The standard InChI is InChI=1S/C14H28O2/c1-3-5-6-7-13-10-12(11-14(13)15)8-9-16-4-2/h12-15H,3-11H2,1-2H3. The van der Waals surface area contributed by atoms with Crippen molar-refractivity contribution in [1.29, 1.82) is 0 Å². The summed E-state index contributed by atoms with van der Waals surface area (Å²) < 4.78 is 5.38. The molecule has 1 aliphatic rings. The number of aliphatic hydroxyl groups is 1. The molecule has 1 aliphatic carbocycles. The van der Waals surface area contributed by atoms with Crippen LogP contribution in [0.25, 0.3) is 0 Å². The molecule has 1 N–H and O–H groups in total. The SMILES string of the molecule is CCCCCC1CC(CCOCC)CC1O. The molecular weight excluding hydrogens is 200 g/mol. The van der Waals surface area contributed by atoms with Crippen molar-refractivity contribution in [3.8, 4) is 0 Å². The molecule has 96 valence electrons. The van der Waals surface area contributed by atoms with Crippen molar-refractivity contribution in [2.24, 2.45) is 11.8 Å². The van der Waals surface area contributed by atoms with Gasteiger partial charge in [0.1, 0.15) is 0 Å². The van der Waals surface area contributed by atoms with Crippen molar-refractivity contribution in [2.45, 2.75) is 64.9 Å². The fourth-order valence-electron chi connectivity index (χ4n) is 2.81. The molecule has 2 nitrogen and oxygen atoms in total. The van der Waals surface area contributed by atoms with Crippen LogP contribution in [-0.2, 0) is 4.74 Å². The quantitative estimate of drug-likeness (QED) is 0.645. The molecule has 3 unspecified atom stereocenters. The minimum absolute atomic E-state index is 0.0384. The summed E-state index contributed by atoms with van der Waals surface area (Å²) in [5.41, 5.74) is 0. The van der Waals surface area contributed by atoms with Gasteiger partial charge in [-0.25, -0.2) is 0 Å². The van der Waals surface area contributed by atoms with E-state index in [1.807, 2.05) is 6.92 Å². The average molecular weight is 228 g/mol. The van der Waals surface area contributed by atoms with Gasteiger partial charge in [-0.15, -0.1) is 0 Å². The van der Waals surface area contributed by atoms with Gasteiger partial charge in [-0.1, -0.05) is 26.2 Å². The Hall–Kier alpha value is -0.0800. The predicted octanol–water partition coefficient (Wildman–Crippen LogP) is 3.38. The largest absolute Gasteiger partial charge is 0.393 e. The van der Waals surface area contributed by atoms with Gasteiger partial charge in [0.15, 0.2) is 0 Å². The van der Waals surface area contributed by atoms with E-state index in [9.17, 15) is 5.11 Å². The summed E-state index contributed by atoms with van der Waals surface area (Å²) in [6, 6.07) is 0. The van der Waals surface area contributed by atoms with E-state index in [1.54, 1.807) is 0 Å². The van der Waals surface area contributed by atoms with Crippen molar-refractivity contribution in [1.82, 2.24) is 0 Å². The fourth-order valence-corrected chi connectivity index (χ4v) is 2.81. The van der Waals surface area contributed by atoms with Gasteiger partial charge in [0.2, 0.25) is 0 Å². The zero-order valence-corrected chi connectivity index (χ0v) is 11.0. The number of unbranched alkanes of at least 4 members (excludes halogenated alkanes) is 2. The number of hydrogen-bond acceptors (Lipinski definition) is 2. The number of hydrogen-bond donors (Lipinski definition) is 1. The lowest BCUT2D eigenvalue weighted by molar-refractivity contribution is 0.118. The molecule has 2 heteroatoms. The highest BCUT2D eigenvalue weighted by atomic mass is 16.5.